The summed E-state index contributed by atoms with van der Waals surface area (Å²) in [5.41, 5.74) is 1.55. The third-order valence-electron chi connectivity index (χ3n) is 6.37. The SMILES string of the molecule is CN=C(NCC1(c2cccc(Cl)c2)CC1)N1CCC(OCC2CCCO2)CC1. The summed E-state index contributed by atoms with van der Waals surface area (Å²) in [6.45, 7) is 4.53. The number of likely N-dealkylation sites (tertiary alicyclic amines) is 1. The Bertz CT molecular complexity index is 678. The summed E-state index contributed by atoms with van der Waals surface area (Å²) in [5.74, 6) is 1.01. The zero-order chi connectivity index (χ0) is 19.4. The van der Waals surface area contributed by atoms with Gasteiger partial charge in [-0.1, -0.05) is 23.7 Å². The first kappa shape index (κ1) is 20.0. The minimum absolute atomic E-state index is 0.212. The van der Waals surface area contributed by atoms with Crippen molar-refractivity contribution >= 4 is 17.6 Å². The first-order valence-corrected chi connectivity index (χ1v) is 11.0. The summed E-state index contributed by atoms with van der Waals surface area (Å²) in [6.07, 6.45) is 7.48. The molecule has 2 aliphatic heterocycles. The molecular formula is C22H32ClN3O2. The topological polar surface area (TPSA) is 46.1 Å². The number of guanidine groups is 1. The van der Waals surface area contributed by atoms with Gasteiger partial charge in [-0.3, -0.25) is 4.99 Å². The number of aliphatic imine (C=N–C) groups is 1. The molecule has 0 aromatic heterocycles. The third-order valence-corrected chi connectivity index (χ3v) is 6.61. The zero-order valence-corrected chi connectivity index (χ0v) is 17.6. The van der Waals surface area contributed by atoms with Crippen LogP contribution in [-0.2, 0) is 14.9 Å². The number of piperidine rings is 1. The first-order valence-electron chi connectivity index (χ1n) is 10.6. The monoisotopic (exact) mass is 405 g/mol. The average molecular weight is 406 g/mol. The van der Waals surface area contributed by atoms with Gasteiger partial charge in [0.05, 0.1) is 18.8 Å². The maximum absolute atomic E-state index is 6.20. The Hall–Kier alpha value is -1.30. The van der Waals surface area contributed by atoms with Gasteiger partial charge in [0.25, 0.3) is 0 Å². The van der Waals surface area contributed by atoms with Crippen LogP contribution in [0.15, 0.2) is 29.3 Å². The van der Waals surface area contributed by atoms with Gasteiger partial charge >= 0.3 is 0 Å². The molecule has 1 N–H and O–H groups in total. The highest BCUT2D eigenvalue weighted by Crippen LogP contribution is 2.48. The number of nitrogens with zero attached hydrogens (tertiary/aromatic N) is 2. The lowest BCUT2D eigenvalue weighted by molar-refractivity contribution is -0.0367. The minimum Gasteiger partial charge on any atom is -0.376 e. The summed E-state index contributed by atoms with van der Waals surface area (Å²) < 4.78 is 11.8. The summed E-state index contributed by atoms with van der Waals surface area (Å²) >= 11 is 6.20. The zero-order valence-electron chi connectivity index (χ0n) is 16.8. The summed E-state index contributed by atoms with van der Waals surface area (Å²) in [4.78, 5) is 6.89. The molecule has 2 saturated heterocycles. The molecule has 0 bridgehead atoms. The number of nitrogens with one attached hydrogen (secondary N) is 1. The molecule has 1 atom stereocenters. The van der Waals surface area contributed by atoms with Crippen LogP contribution in [0.3, 0.4) is 0 Å². The Morgan fingerprint density at radius 1 is 1.32 bits per heavy atom. The van der Waals surface area contributed by atoms with E-state index in [0.29, 0.717) is 12.2 Å². The lowest BCUT2D eigenvalue weighted by Crippen LogP contribution is -2.48. The predicted molar refractivity (Wildman–Crippen MR) is 113 cm³/mol. The van der Waals surface area contributed by atoms with Crippen molar-refractivity contribution in [2.45, 2.75) is 56.1 Å². The molecule has 1 aliphatic carbocycles. The highest BCUT2D eigenvalue weighted by Gasteiger charge is 2.44. The molecule has 3 fully saturated rings. The van der Waals surface area contributed by atoms with E-state index < -0.39 is 0 Å². The van der Waals surface area contributed by atoms with Gasteiger partial charge in [-0.15, -0.1) is 0 Å². The van der Waals surface area contributed by atoms with E-state index in [0.717, 1.165) is 63.1 Å². The van der Waals surface area contributed by atoms with Crippen molar-refractivity contribution in [1.29, 1.82) is 0 Å². The van der Waals surface area contributed by atoms with Crippen LogP contribution < -0.4 is 5.32 Å². The quantitative estimate of drug-likeness (QED) is 0.580. The van der Waals surface area contributed by atoms with Crippen LogP contribution >= 0.6 is 11.6 Å². The van der Waals surface area contributed by atoms with Crippen LogP contribution in [0.1, 0.15) is 44.1 Å². The number of hydrogen-bond acceptors (Lipinski definition) is 3. The summed E-state index contributed by atoms with van der Waals surface area (Å²) in [6, 6.07) is 8.29. The lowest BCUT2D eigenvalue weighted by atomic mass is 9.96. The number of hydrogen-bond donors (Lipinski definition) is 1. The fourth-order valence-corrected chi connectivity index (χ4v) is 4.56. The number of benzene rings is 1. The van der Waals surface area contributed by atoms with E-state index >= 15 is 0 Å². The van der Waals surface area contributed by atoms with Crippen molar-refractivity contribution < 1.29 is 9.47 Å². The molecule has 5 nitrogen and oxygen atoms in total. The van der Waals surface area contributed by atoms with Gasteiger partial charge in [0.1, 0.15) is 0 Å². The van der Waals surface area contributed by atoms with Gasteiger partial charge in [-0.25, -0.2) is 0 Å². The Kier molecular flexibility index (Phi) is 6.44. The second kappa shape index (κ2) is 9.02. The van der Waals surface area contributed by atoms with Gasteiger partial charge in [-0.2, -0.15) is 0 Å². The van der Waals surface area contributed by atoms with Gasteiger partial charge in [0.2, 0.25) is 0 Å². The average Bonchev–Trinajstić information content (AvgIpc) is 3.33. The van der Waals surface area contributed by atoms with Crippen molar-refractivity contribution in [3.05, 3.63) is 34.9 Å². The van der Waals surface area contributed by atoms with Crippen molar-refractivity contribution in [2.24, 2.45) is 4.99 Å². The van der Waals surface area contributed by atoms with E-state index in [1.54, 1.807) is 0 Å². The smallest absolute Gasteiger partial charge is 0.193 e. The number of ether oxygens (including phenoxy) is 2. The molecule has 0 radical (unpaired) electrons. The normalized spacial score (nSPS) is 25.1. The molecule has 1 saturated carbocycles. The molecule has 154 valence electrons. The highest BCUT2D eigenvalue weighted by atomic mass is 35.5. The Morgan fingerprint density at radius 3 is 2.79 bits per heavy atom. The Labute approximate surface area is 173 Å². The molecule has 6 heteroatoms. The molecule has 2 heterocycles. The number of rotatable bonds is 6. The summed E-state index contributed by atoms with van der Waals surface area (Å²) in [5, 5.41) is 4.44. The molecule has 0 spiro atoms. The largest absolute Gasteiger partial charge is 0.376 e. The fraction of sp³-hybridized carbons (Fsp3) is 0.682. The maximum Gasteiger partial charge on any atom is 0.193 e. The Morgan fingerprint density at radius 2 is 2.14 bits per heavy atom. The van der Waals surface area contributed by atoms with Crippen LogP contribution in [0.4, 0.5) is 0 Å². The van der Waals surface area contributed by atoms with E-state index in [9.17, 15) is 0 Å². The van der Waals surface area contributed by atoms with E-state index in [2.05, 4.69) is 27.3 Å². The van der Waals surface area contributed by atoms with Gasteiger partial charge in [0, 0.05) is 43.7 Å². The van der Waals surface area contributed by atoms with Crippen LogP contribution in [0, 0.1) is 0 Å². The highest BCUT2D eigenvalue weighted by molar-refractivity contribution is 6.30. The van der Waals surface area contributed by atoms with E-state index in [1.165, 1.54) is 24.8 Å². The van der Waals surface area contributed by atoms with Crippen molar-refractivity contribution in [1.82, 2.24) is 10.2 Å². The molecular weight excluding hydrogens is 374 g/mol. The van der Waals surface area contributed by atoms with E-state index in [4.69, 9.17) is 21.1 Å². The van der Waals surface area contributed by atoms with Gasteiger partial charge < -0.3 is 19.7 Å². The van der Waals surface area contributed by atoms with Crippen LogP contribution in [-0.4, -0.2) is 63.0 Å². The molecule has 1 aromatic rings. The van der Waals surface area contributed by atoms with E-state index in [-0.39, 0.29) is 5.41 Å². The number of halogens is 1. The standard InChI is InChI=1S/C22H32ClN3O2/c1-24-21(25-16-22(9-10-22)17-4-2-5-18(23)14-17)26-11-7-19(8-12-26)28-15-20-6-3-13-27-20/h2,4-5,14,19-20H,3,6-13,15-16H2,1H3,(H,24,25). The lowest BCUT2D eigenvalue weighted by Gasteiger charge is -2.35. The second-order valence-electron chi connectivity index (χ2n) is 8.35. The fourth-order valence-electron chi connectivity index (χ4n) is 4.37. The first-order chi connectivity index (χ1) is 13.7. The van der Waals surface area contributed by atoms with Crippen molar-refractivity contribution in [3.8, 4) is 0 Å². The maximum atomic E-state index is 6.20. The molecule has 1 unspecified atom stereocenters. The summed E-state index contributed by atoms with van der Waals surface area (Å²) in [7, 11) is 1.88. The Balaban J connectivity index is 1.24. The molecule has 3 aliphatic rings. The van der Waals surface area contributed by atoms with E-state index in [1.807, 2.05) is 19.2 Å². The molecule has 4 rings (SSSR count). The van der Waals surface area contributed by atoms with Crippen molar-refractivity contribution in [3.63, 3.8) is 0 Å². The minimum atomic E-state index is 0.212. The van der Waals surface area contributed by atoms with Crippen LogP contribution in [0.5, 0.6) is 0 Å². The van der Waals surface area contributed by atoms with Crippen molar-refractivity contribution in [2.75, 3.05) is 39.9 Å². The van der Waals surface area contributed by atoms with Gasteiger partial charge in [0.15, 0.2) is 5.96 Å². The molecule has 1 aromatic carbocycles. The van der Waals surface area contributed by atoms with Gasteiger partial charge in [-0.05, 0) is 56.2 Å². The molecule has 0 amide bonds. The predicted octanol–water partition coefficient (Wildman–Crippen LogP) is 3.61. The second-order valence-corrected chi connectivity index (χ2v) is 8.78. The van der Waals surface area contributed by atoms with Crippen LogP contribution in [0.25, 0.3) is 0 Å². The van der Waals surface area contributed by atoms with Crippen LogP contribution in [0.2, 0.25) is 5.02 Å². The molecule has 28 heavy (non-hydrogen) atoms. The third kappa shape index (κ3) is 4.81.